The van der Waals surface area contributed by atoms with Crippen molar-refractivity contribution in [3.05, 3.63) is 47.5 Å². The first-order valence-corrected chi connectivity index (χ1v) is 7.18. The number of ether oxygens (including phenoxy) is 1. The van der Waals surface area contributed by atoms with Crippen molar-refractivity contribution in [2.24, 2.45) is 14.1 Å². The number of carbonyl (C=O) groups is 1. The molecule has 0 saturated carbocycles. The Labute approximate surface area is 129 Å². The molecule has 1 atom stereocenters. The lowest BCUT2D eigenvalue weighted by Gasteiger charge is -2.36. The maximum Gasteiger partial charge on any atom is 0.271 e. The quantitative estimate of drug-likeness (QED) is 0.843. The van der Waals surface area contributed by atoms with Crippen molar-refractivity contribution in [1.82, 2.24) is 14.0 Å². The molecule has 0 N–H and O–H groups in total. The number of aryl methyl sites for hydroxylation is 2. The van der Waals surface area contributed by atoms with Gasteiger partial charge in [-0.2, -0.15) is 5.26 Å². The van der Waals surface area contributed by atoms with Crippen molar-refractivity contribution in [1.29, 1.82) is 5.26 Å². The minimum Gasteiger partial charge on any atom is -0.377 e. The smallest absolute Gasteiger partial charge is 0.271 e. The van der Waals surface area contributed by atoms with E-state index in [0.717, 1.165) is 5.69 Å². The van der Waals surface area contributed by atoms with Crippen LogP contribution in [-0.4, -0.2) is 39.7 Å². The van der Waals surface area contributed by atoms with Gasteiger partial charge in [0.1, 0.15) is 11.8 Å². The zero-order valence-electron chi connectivity index (χ0n) is 12.7. The fourth-order valence-corrected chi connectivity index (χ4v) is 2.90. The van der Waals surface area contributed by atoms with E-state index >= 15 is 0 Å². The summed E-state index contributed by atoms with van der Waals surface area (Å²) in [5.74, 6) is -0.0708. The lowest BCUT2D eigenvalue weighted by molar-refractivity contribution is -0.00512. The molecular formula is C16H18N4O2. The molecule has 3 heterocycles. The Kier molecular flexibility index (Phi) is 3.73. The van der Waals surface area contributed by atoms with Crippen molar-refractivity contribution in [3.8, 4) is 6.07 Å². The Morgan fingerprint density at radius 3 is 2.86 bits per heavy atom. The Morgan fingerprint density at radius 2 is 2.23 bits per heavy atom. The third-order valence-electron chi connectivity index (χ3n) is 4.07. The predicted molar refractivity (Wildman–Crippen MR) is 80.1 cm³/mol. The lowest BCUT2D eigenvalue weighted by Crippen LogP contribution is -2.44. The lowest BCUT2D eigenvalue weighted by atomic mass is 10.1. The molecule has 1 amide bonds. The first-order chi connectivity index (χ1) is 10.6. The molecule has 0 bridgehead atoms. The number of nitriles is 1. The molecule has 2 aromatic heterocycles. The van der Waals surface area contributed by atoms with Crippen molar-refractivity contribution in [2.45, 2.75) is 6.04 Å². The fraction of sp³-hybridized carbons (Fsp3) is 0.375. The van der Waals surface area contributed by atoms with Crippen LogP contribution >= 0.6 is 0 Å². The molecule has 0 radical (unpaired) electrons. The summed E-state index contributed by atoms with van der Waals surface area (Å²) in [6.45, 7) is 1.56. The van der Waals surface area contributed by atoms with E-state index in [1.807, 2.05) is 34.8 Å². The summed E-state index contributed by atoms with van der Waals surface area (Å²) < 4.78 is 9.28. The summed E-state index contributed by atoms with van der Waals surface area (Å²) in [7, 11) is 3.74. The summed E-state index contributed by atoms with van der Waals surface area (Å²) in [5, 5.41) is 8.99. The minimum atomic E-state index is -0.110. The van der Waals surface area contributed by atoms with Gasteiger partial charge < -0.3 is 18.8 Å². The van der Waals surface area contributed by atoms with Crippen LogP contribution in [0, 0.1) is 11.3 Å². The van der Waals surface area contributed by atoms with Crippen LogP contribution in [0.5, 0.6) is 0 Å². The molecule has 0 unspecified atom stereocenters. The average molecular weight is 298 g/mol. The Balaban J connectivity index is 1.93. The van der Waals surface area contributed by atoms with E-state index < -0.39 is 0 Å². The molecule has 1 aliphatic rings. The molecule has 0 spiro atoms. The van der Waals surface area contributed by atoms with Crippen LogP contribution < -0.4 is 0 Å². The molecule has 6 heteroatoms. The van der Waals surface area contributed by atoms with Crippen molar-refractivity contribution >= 4 is 5.91 Å². The number of aromatic nitrogens is 2. The van der Waals surface area contributed by atoms with Crippen LogP contribution in [-0.2, 0) is 18.8 Å². The van der Waals surface area contributed by atoms with Crippen LogP contribution in [0.1, 0.15) is 27.8 Å². The normalized spacial score (nSPS) is 18.2. The maximum atomic E-state index is 12.9. The van der Waals surface area contributed by atoms with Gasteiger partial charge in [0.15, 0.2) is 0 Å². The molecule has 114 valence electrons. The van der Waals surface area contributed by atoms with Gasteiger partial charge in [0.25, 0.3) is 5.91 Å². The van der Waals surface area contributed by atoms with Crippen LogP contribution in [0.4, 0.5) is 0 Å². The molecule has 1 aliphatic heterocycles. The highest BCUT2D eigenvalue weighted by Gasteiger charge is 2.31. The standard InChI is InChI=1S/C16H18N4O2/c1-18-5-3-4-13(18)15-11-22-7-6-20(15)16(21)14-8-12(9-17)10-19(14)2/h3-5,8,10,15H,6-7,11H2,1-2H3/t15-/m0/s1. The number of morpholine rings is 1. The highest BCUT2D eigenvalue weighted by Crippen LogP contribution is 2.26. The van der Waals surface area contributed by atoms with Crippen molar-refractivity contribution in [2.75, 3.05) is 19.8 Å². The largest absolute Gasteiger partial charge is 0.377 e. The van der Waals surface area contributed by atoms with Crippen molar-refractivity contribution in [3.63, 3.8) is 0 Å². The number of hydrogen-bond acceptors (Lipinski definition) is 3. The summed E-state index contributed by atoms with van der Waals surface area (Å²) in [4.78, 5) is 14.7. The summed E-state index contributed by atoms with van der Waals surface area (Å²) >= 11 is 0. The Morgan fingerprint density at radius 1 is 1.41 bits per heavy atom. The van der Waals surface area contributed by atoms with E-state index in [-0.39, 0.29) is 11.9 Å². The van der Waals surface area contributed by atoms with Gasteiger partial charge in [-0.05, 0) is 18.2 Å². The Hall–Kier alpha value is -2.52. The van der Waals surface area contributed by atoms with Crippen LogP contribution in [0.2, 0.25) is 0 Å². The van der Waals surface area contributed by atoms with Crippen LogP contribution in [0.3, 0.4) is 0 Å². The molecule has 0 aliphatic carbocycles. The predicted octanol–water partition coefficient (Wildman–Crippen LogP) is 1.45. The molecule has 6 nitrogen and oxygen atoms in total. The van der Waals surface area contributed by atoms with Gasteiger partial charge in [0.2, 0.25) is 0 Å². The van der Waals surface area contributed by atoms with E-state index in [4.69, 9.17) is 10.00 Å². The van der Waals surface area contributed by atoms with Gasteiger partial charge in [0.05, 0.1) is 24.8 Å². The number of carbonyl (C=O) groups excluding carboxylic acids is 1. The van der Waals surface area contributed by atoms with Gasteiger partial charge in [-0.3, -0.25) is 4.79 Å². The van der Waals surface area contributed by atoms with Crippen molar-refractivity contribution < 1.29 is 9.53 Å². The first kappa shape index (κ1) is 14.4. The highest BCUT2D eigenvalue weighted by molar-refractivity contribution is 5.93. The summed E-state index contributed by atoms with van der Waals surface area (Å²) in [5.41, 5.74) is 2.06. The van der Waals surface area contributed by atoms with Crippen LogP contribution in [0.15, 0.2) is 30.6 Å². The van der Waals surface area contributed by atoms with Gasteiger partial charge in [0, 0.05) is 38.7 Å². The second kappa shape index (κ2) is 5.70. The van der Waals surface area contributed by atoms with Gasteiger partial charge in [-0.25, -0.2) is 0 Å². The van der Waals surface area contributed by atoms with Gasteiger partial charge in [-0.15, -0.1) is 0 Å². The number of amides is 1. The zero-order chi connectivity index (χ0) is 15.7. The molecular weight excluding hydrogens is 280 g/mol. The first-order valence-electron chi connectivity index (χ1n) is 7.18. The molecule has 1 saturated heterocycles. The maximum absolute atomic E-state index is 12.9. The second-order valence-electron chi connectivity index (χ2n) is 5.47. The number of rotatable bonds is 2. The molecule has 22 heavy (non-hydrogen) atoms. The summed E-state index contributed by atoms with van der Waals surface area (Å²) in [6, 6.07) is 7.57. The topological polar surface area (TPSA) is 63.2 Å². The molecule has 1 fully saturated rings. The van der Waals surface area contributed by atoms with E-state index in [2.05, 4.69) is 6.07 Å². The van der Waals surface area contributed by atoms with E-state index in [1.54, 1.807) is 23.9 Å². The number of hydrogen-bond donors (Lipinski definition) is 0. The van der Waals surface area contributed by atoms with E-state index in [0.29, 0.717) is 31.0 Å². The molecule has 0 aromatic carbocycles. The average Bonchev–Trinajstić information content (AvgIpc) is 3.12. The fourth-order valence-electron chi connectivity index (χ4n) is 2.90. The second-order valence-corrected chi connectivity index (χ2v) is 5.47. The van der Waals surface area contributed by atoms with Gasteiger partial charge >= 0.3 is 0 Å². The van der Waals surface area contributed by atoms with E-state index in [1.165, 1.54) is 0 Å². The molecule has 2 aromatic rings. The third-order valence-corrected chi connectivity index (χ3v) is 4.07. The SMILES string of the molecule is Cn1cc(C#N)cc1C(=O)N1CCOC[C@H]1c1cccn1C. The Bertz CT molecular complexity index is 738. The third kappa shape index (κ3) is 2.40. The highest BCUT2D eigenvalue weighted by atomic mass is 16.5. The van der Waals surface area contributed by atoms with Crippen LogP contribution in [0.25, 0.3) is 0 Å². The molecule has 3 rings (SSSR count). The zero-order valence-corrected chi connectivity index (χ0v) is 12.7. The van der Waals surface area contributed by atoms with Gasteiger partial charge in [-0.1, -0.05) is 0 Å². The summed E-state index contributed by atoms with van der Waals surface area (Å²) in [6.07, 6.45) is 3.63. The minimum absolute atomic E-state index is 0.0708. The van der Waals surface area contributed by atoms with E-state index in [9.17, 15) is 4.79 Å². The monoisotopic (exact) mass is 298 g/mol. The number of nitrogens with zero attached hydrogens (tertiary/aromatic N) is 4.